The van der Waals surface area contributed by atoms with E-state index in [9.17, 15) is 10.1 Å². The van der Waals surface area contributed by atoms with Gasteiger partial charge in [0.1, 0.15) is 0 Å². The summed E-state index contributed by atoms with van der Waals surface area (Å²) in [5.74, 6) is 0.476. The number of hydrogen-bond acceptors (Lipinski definition) is 4. The predicted octanol–water partition coefficient (Wildman–Crippen LogP) is 2.08. The Morgan fingerprint density at radius 3 is 2.83 bits per heavy atom. The summed E-state index contributed by atoms with van der Waals surface area (Å²) in [5.41, 5.74) is 8.11. The fourth-order valence-electron chi connectivity index (χ4n) is 2.49. The highest BCUT2D eigenvalue weighted by atomic mass is 16.6. The molecule has 1 aromatic rings. The topological polar surface area (TPSA) is 72.4 Å². The van der Waals surface area contributed by atoms with Crippen LogP contribution in [0.5, 0.6) is 0 Å². The SMILES string of the molecule is Cc1ccc([N+](=O)[O-])cc1N1CCC(C(C)N)C1. The highest BCUT2D eigenvalue weighted by Crippen LogP contribution is 2.30. The van der Waals surface area contributed by atoms with E-state index in [2.05, 4.69) is 4.90 Å². The van der Waals surface area contributed by atoms with Crippen molar-refractivity contribution >= 4 is 11.4 Å². The van der Waals surface area contributed by atoms with Gasteiger partial charge in [0.15, 0.2) is 0 Å². The standard InChI is InChI=1S/C13H19N3O2/c1-9-3-4-12(16(17)18)7-13(9)15-6-5-11(8-15)10(2)14/h3-4,7,10-11H,5-6,8,14H2,1-2H3. The van der Waals surface area contributed by atoms with Crippen molar-refractivity contribution in [3.8, 4) is 0 Å². The van der Waals surface area contributed by atoms with E-state index in [0.29, 0.717) is 5.92 Å². The minimum absolute atomic E-state index is 0.153. The molecule has 0 spiro atoms. The van der Waals surface area contributed by atoms with Crippen LogP contribution in [0.25, 0.3) is 0 Å². The van der Waals surface area contributed by atoms with Crippen LogP contribution in [0.1, 0.15) is 18.9 Å². The van der Waals surface area contributed by atoms with Gasteiger partial charge in [-0.15, -0.1) is 0 Å². The van der Waals surface area contributed by atoms with Crippen molar-refractivity contribution < 1.29 is 4.92 Å². The lowest BCUT2D eigenvalue weighted by Gasteiger charge is -2.21. The molecule has 1 heterocycles. The Morgan fingerprint density at radius 1 is 1.56 bits per heavy atom. The zero-order valence-electron chi connectivity index (χ0n) is 10.8. The van der Waals surface area contributed by atoms with E-state index in [-0.39, 0.29) is 16.7 Å². The Kier molecular flexibility index (Phi) is 3.52. The van der Waals surface area contributed by atoms with Crippen LogP contribution in [-0.4, -0.2) is 24.1 Å². The first kappa shape index (κ1) is 12.8. The van der Waals surface area contributed by atoms with Crippen LogP contribution in [0.3, 0.4) is 0 Å². The molecular weight excluding hydrogens is 230 g/mol. The number of nitrogens with two attached hydrogens (primary N) is 1. The first-order valence-corrected chi connectivity index (χ1v) is 6.24. The van der Waals surface area contributed by atoms with Gasteiger partial charge >= 0.3 is 0 Å². The highest BCUT2D eigenvalue weighted by molar-refractivity contribution is 5.59. The summed E-state index contributed by atoms with van der Waals surface area (Å²) in [4.78, 5) is 12.7. The molecule has 2 unspecified atom stereocenters. The summed E-state index contributed by atoms with van der Waals surface area (Å²) in [6.07, 6.45) is 1.06. The fraction of sp³-hybridized carbons (Fsp3) is 0.538. The largest absolute Gasteiger partial charge is 0.371 e. The third kappa shape index (κ3) is 2.46. The van der Waals surface area contributed by atoms with Crippen LogP contribution in [0.15, 0.2) is 18.2 Å². The normalized spacial score (nSPS) is 21.1. The lowest BCUT2D eigenvalue weighted by atomic mass is 10.0. The molecule has 1 saturated heterocycles. The van der Waals surface area contributed by atoms with Crippen molar-refractivity contribution in [1.29, 1.82) is 0 Å². The van der Waals surface area contributed by atoms with Crippen molar-refractivity contribution in [2.75, 3.05) is 18.0 Å². The van der Waals surface area contributed by atoms with Gasteiger partial charge in [-0.2, -0.15) is 0 Å². The van der Waals surface area contributed by atoms with Crippen molar-refractivity contribution in [2.45, 2.75) is 26.3 Å². The van der Waals surface area contributed by atoms with Gasteiger partial charge in [-0.1, -0.05) is 6.07 Å². The van der Waals surface area contributed by atoms with Gasteiger partial charge in [0.25, 0.3) is 5.69 Å². The molecule has 5 nitrogen and oxygen atoms in total. The molecule has 5 heteroatoms. The lowest BCUT2D eigenvalue weighted by Crippen LogP contribution is -2.29. The van der Waals surface area contributed by atoms with Crippen molar-refractivity contribution in [3.63, 3.8) is 0 Å². The fourth-order valence-corrected chi connectivity index (χ4v) is 2.49. The molecule has 1 aliphatic rings. The number of aryl methyl sites for hydroxylation is 1. The molecule has 0 saturated carbocycles. The molecule has 0 aliphatic carbocycles. The Labute approximate surface area is 107 Å². The molecule has 0 amide bonds. The number of nitro benzene ring substituents is 1. The number of non-ortho nitro benzene ring substituents is 1. The van der Waals surface area contributed by atoms with E-state index in [0.717, 1.165) is 30.8 Å². The molecule has 1 aromatic carbocycles. The van der Waals surface area contributed by atoms with Crippen LogP contribution in [-0.2, 0) is 0 Å². The van der Waals surface area contributed by atoms with Crippen molar-refractivity contribution in [2.24, 2.45) is 11.7 Å². The average Bonchev–Trinajstić information content (AvgIpc) is 2.78. The quantitative estimate of drug-likeness (QED) is 0.657. The number of nitro groups is 1. The van der Waals surface area contributed by atoms with E-state index in [1.54, 1.807) is 12.1 Å². The van der Waals surface area contributed by atoms with Gasteiger partial charge < -0.3 is 10.6 Å². The summed E-state index contributed by atoms with van der Waals surface area (Å²) < 4.78 is 0. The predicted molar refractivity (Wildman–Crippen MR) is 71.8 cm³/mol. The summed E-state index contributed by atoms with van der Waals surface area (Å²) in [5, 5.41) is 10.8. The molecule has 0 bridgehead atoms. The monoisotopic (exact) mass is 249 g/mol. The van der Waals surface area contributed by atoms with Gasteiger partial charge in [-0.25, -0.2) is 0 Å². The number of benzene rings is 1. The average molecular weight is 249 g/mol. The first-order valence-electron chi connectivity index (χ1n) is 6.24. The minimum Gasteiger partial charge on any atom is -0.371 e. The van der Waals surface area contributed by atoms with Crippen LogP contribution < -0.4 is 10.6 Å². The number of anilines is 1. The lowest BCUT2D eigenvalue weighted by molar-refractivity contribution is -0.384. The summed E-state index contributed by atoms with van der Waals surface area (Å²) >= 11 is 0. The maximum atomic E-state index is 10.8. The molecule has 1 aliphatic heterocycles. The number of hydrogen-bond donors (Lipinski definition) is 1. The third-order valence-electron chi connectivity index (χ3n) is 3.71. The van der Waals surface area contributed by atoms with Crippen LogP contribution in [0.2, 0.25) is 0 Å². The molecule has 0 aromatic heterocycles. The van der Waals surface area contributed by atoms with E-state index in [1.807, 2.05) is 19.9 Å². The van der Waals surface area contributed by atoms with Crippen LogP contribution in [0.4, 0.5) is 11.4 Å². The van der Waals surface area contributed by atoms with Gasteiger partial charge in [-0.05, 0) is 31.7 Å². The Hall–Kier alpha value is -1.62. The van der Waals surface area contributed by atoms with Crippen molar-refractivity contribution in [1.82, 2.24) is 0 Å². The number of nitrogens with zero attached hydrogens (tertiary/aromatic N) is 2. The summed E-state index contributed by atoms with van der Waals surface area (Å²) in [6.45, 7) is 5.82. The second-order valence-corrected chi connectivity index (χ2v) is 5.08. The Morgan fingerprint density at radius 2 is 2.28 bits per heavy atom. The minimum atomic E-state index is -0.345. The zero-order chi connectivity index (χ0) is 13.3. The molecule has 18 heavy (non-hydrogen) atoms. The van der Waals surface area contributed by atoms with E-state index in [4.69, 9.17) is 5.73 Å². The molecule has 0 radical (unpaired) electrons. The van der Waals surface area contributed by atoms with Gasteiger partial charge in [0.2, 0.25) is 0 Å². The highest BCUT2D eigenvalue weighted by Gasteiger charge is 2.26. The van der Waals surface area contributed by atoms with Crippen LogP contribution in [0, 0.1) is 23.0 Å². The van der Waals surface area contributed by atoms with Crippen molar-refractivity contribution in [3.05, 3.63) is 33.9 Å². The third-order valence-corrected chi connectivity index (χ3v) is 3.71. The molecule has 2 N–H and O–H groups in total. The molecular formula is C13H19N3O2. The van der Waals surface area contributed by atoms with E-state index >= 15 is 0 Å². The molecule has 1 fully saturated rings. The maximum absolute atomic E-state index is 10.8. The molecule has 2 rings (SSSR count). The summed E-state index contributed by atoms with van der Waals surface area (Å²) in [7, 11) is 0. The van der Waals surface area contributed by atoms with Gasteiger partial charge in [0.05, 0.1) is 4.92 Å². The van der Waals surface area contributed by atoms with Crippen LogP contribution >= 0.6 is 0 Å². The molecule has 2 atom stereocenters. The smallest absolute Gasteiger partial charge is 0.271 e. The van der Waals surface area contributed by atoms with Gasteiger partial charge in [0, 0.05) is 37.0 Å². The second kappa shape index (κ2) is 4.94. The first-order chi connectivity index (χ1) is 8.49. The van der Waals surface area contributed by atoms with E-state index < -0.39 is 0 Å². The number of rotatable bonds is 3. The Balaban J connectivity index is 2.23. The second-order valence-electron chi connectivity index (χ2n) is 5.08. The zero-order valence-corrected chi connectivity index (χ0v) is 10.8. The molecule has 98 valence electrons. The Bertz CT molecular complexity index is 460. The summed E-state index contributed by atoms with van der Waals surface area (Å²) in [6, 6.07) is 5.21. The van der Waals surface area contributed by atoms with E-state index in [1.165, 1.54) is 0 Å². The van der Waals surface area contributed by atoms with Gasteiger partial charge in [-0.3, -0.25) is 10.1 Å². The maximum Gasteiger partial charge on any atom is 0.271 e.